The third-order valence-electron chi connectivity index (χ3n) is 5.32. The number of nitrogens with zero attached hydrogens (tertiary/aromatic N) is 1. The van der Waals surface area contributed by atoms with E-state index in [-0.39, 0.29) is 5.92 Å². The molecular formula is C18H26N2O. The number of rotatable bonds is 3. The lowest BCUT2D eigenvalue weighted by Gasteiger charge is -2.34. The third kappa shape index (κ3) is 2.98. The Morgan fingerprint density at radius 3 is 2.62 bits per heavy atom. The summed E-state index contributed by atoms with van der Waals surface area (Å²) in [6.07, 6.45) is 4.51. The lowest BCUT2D eigenvalue weighted by molar-refractivity contribution is -0.132. The highest BCUT2D eigenvalue weighted by atomic mass is 16.2. The van der Waals surface area contributed by atoms with E-state index < -0.39 is 0 Å². The molecule has 2 aliphatic heterocycles. The van der Waals surface area contributed by atoms with Crippen LogP contribution >= 0.6 is 0 Å². The van der Waals surface area contributed by atoms with Crippen molar-refractivity contribution in [3.63, 3.8) is 0 Å². The zero-order valence-corrected chi connectivity index (χ0v) is 13.0. The normalized spacial score (nSPS) is 22.4. The van der Waals surface area contributed by atoms with Crippen molar-refractivity contribution in [2.24, 2.45) is 5.41 Å². The van der Waals surface area contributed by atoms with Crippen LogP contribution in [0.2, 0.25) is 0 Å². The van der Waals surface area contributed by atoms with Crippen molar-refractivity contribution in [2.45, 2.75) is 38.5 Å². The summed E-state index contributed by atoms with van der Waals surface area (Å²) in [7, 11) is 0. The first kappa shape index (κ1) is 14.6. The SMILES string of the molecule is CCC(C(=O)N1CCC2(CCNCC2)C1)c1ccccc1. The second-order valence-electron chi connectivity index (χ2n) is 6.63. The van der Waals surface area contributed by atoms with E-state index in [1.165, 1.54) is 19.3 Å². The Hall–Kier alpha value is -1.35. The average molecular weight is 286 g/mol. The third-order valence-corrected chi connectivity index (χ3v) is 5.32. The molecule has 0 saturated carbocycles. The topological polar surface area (TPSA) is 32.3 Å². The van der Waals surface area contributed by atoms with Crippen LogP contribution < -0.4 is 5.32 Å². The second kappa shape index (κ2) is 6.18. The Morgan fingerprint density at radius 2 is 1.95 bits per heavy atom. The molecule has 3 nitrogen and oxygen atoms in total. The zero-order chi connectivity index (χ0) is 14.7. The molecule has 0 aromatic heterocycles. The van der Waals surface area contributed by atoms with Crippen molar-refractivity contribution in [1.82, 2.24) is 10.2 Å². The van der Waals surface area contributed by atoms with Gasteiger partial charge < -0.3 is 10.2 Å². The number of amides is 1. The number of benzene rings is 1. The van der Waals surface area contributed by atoms with Crippen molar-refractivity contribution < 1.29 is 4.79 Å². The van der Waals surface area contributed by atoms with Crippen LogP contribution in [0.1, 0.15) is 44.1 Å². The predicted octanol–water partition coefficient (Wildman–Crippen LogP) is 2.78. The van der Waals surface area contributed by atoms with Gasteiger partial charge in [-0.2, -0.15) is 0 Å². The largest absolute Gasteiger partial charge is 0.342 e. The molecule has 21 heavy (non-hydrogen) atoms. The molecule has 0 radical (unpaired) electrons. The average Bonchev–Trinajstić information content (AvgIpc) is 2.93. The molecule has 3 rings (SSSR count). The highest BCUT2D eigenvalue weighted by Gasteiger charge is 2.41. The summed E-state index contributed by atoms with van der Waals surface area (Å²) in [6, 6.07) is 10.2. The van der Waals surface area contributed by atoms with Crippen molar-refractivity contribution >= 4 is 5.91 Å². The second-order valence-corrected chi connectivity index (χ2v) is 6.63. The quantitative estimate of drug-likeness (QED) is 0.926. The first-order valence-electron chi connectivity index (χ1n) is 8.28. The van der Waals surface area contributed by atoms with Gasteiger partial charge in [0.25, 0.3) is 0 Å². The molecule has 1 amide bonds. The number of likely N-dealkylation sites (tertiary alicyclic amines) is 1. The fraction of sp³-hybridized carbons (Fsp3) is 0.611. The number of piperidine rings is 1. The van der Waals surface area contributed by atoms with Gasteiger partial charge in [0.2, 0.25) is 5.91 Å². The predicted molar refractivity (Wildman–Crippen MR) is 85.2 cm³/mol. The number of hydrogen-bond acceptors (Lipinski definition) is 2. The molecule has 2 fully saturated rings. The molecule has 0 aliphatic carbocycles. The summed E-state index contributed by atoms with van der Waals surface area (Å²) in [5.74, 6) is 0.363. The molecule has 0 bridgehead atoms. The summed E-state index contributed by atoms with van der Waals surface area (Å²) in [4.78, 5) is 15.0. The first-order valence-corrected chi connectivity index (χ1v) is 8.28. The molecule has 1 unspecified atom stereocenters. The molecule has 2 heterocycles. The Bertz CT molecular complexity index is 479. The van der Waals surface area contributed by atoms with Crippen molar-refractivity contribution in [1.29, 1.82) is 0 Å². The van der Waals surface area contributed by atoms with Gasteiger partial charge in [-0.1, -0.05) is 37.3 Å². The maximum absolute atomic E-state index is 12.9. The molecule has 1 spiro atoms. The van der Waals surface area contributed by atoms with E-state index >= 15 is 0 Å². The summed E-state index contributed by atoms with van der Waals surface area (Å²) in [5, 5.41) is 3.44. The van der Waals surface area contributed by atoms with Gasteiger partial charge >= 0.3 is 0 Å². The highest BCUT2D eigenvalue weighted by Crippen LogP contribution is 2.39. The number of carbonyl (C=O) groups is 1. The zero-order valence-electron chi connectivity index (χ0n) is 13.0. The summed E-state index contributed by atoms with van der Waals surface area (Å²) in [5.41, 5.74) is 1.56. The van der Waals surface area contributed by atoms with Gasteiger partial charge in [0.1, 0.15) is 0 Å². The van der Waals surface area contributed by atoms with Crippen molar-refractivity contribution in [3.8, 4) is 0 Å². The fourth-order valence-electron chi connectivity index (χ4n) is 3.95. The van der Waals surface area contributed by atoms with E-state index in [0.717, 1.165) is 38.2 Å². The molecule has 1 atom stereocenters. The van der Waals surface area contributed by atoms with Gasteiger partial charge in [-0.15, -0.1) is 0 Å². The molecule has 114 valence electrons. The monoisotopic (exact) mass is 286 g/mol. The smallest absolute Gasteiger partial charge is 0.230 e. The Balaban J connectivity index is 1.70. The van der Waals surface area contributed by atoms with E-state index in [2.05, 4.69) is 29.3 Å². The lowest BCUT2D eigenvalue weighted by Crippen LogP contribution is -2.40. The van der Waals surface area contributed by atoms with E-state index in [1.807, 2.05) is 18.2 Å². The summed E-state index contributed by atoms with van der Waals surface area (Å²) < 4.78 is 0. The van der Waals surface area contributed by atoms with E-state index in [1.54, 1.807) is 0 Å². The number of carbonyl (C=O) groups excluding carboxylic acids is 1. The van der Waals surface area contributed by atoms with E-state index in [0.29, 0.717) is 11.3 Å². The Morgan fingerprint density at radius 1 is 1.24 bits per heavy atom. The van der Waals surface area contributed by atoms with Gasteiger partial charge in [0.15, 0.2) is 0 Å². The van der Waals surface area contributed by atoms with Crippen molar-refractivity contribution in [2.75, 3.05) is 26.2 Å². The maximum atomic E-state index is 12.9. The minimum atomic E-state index is 0.0306. The van der Waals surface area contributed by atoms with Crippen LogP contribution in [-0.2, 0) is 4.79 Å². The molecular weight excluding hydrogens is 260 g/mol. The van der Waals surface area contributed by atoms with Crippen LogP contribution in [0.3, 0.4) is 0 Å². The molecule has 2 aliphatic rings. The fourth-order valence-corrected chi connectivity index (χ4v) is 3.95. The lowest BCUT2D eigenvalue weighted by atomic mass is 9.78. The van der Waals surface area contributed by atoms with Crippen molar-refractivity contribution in [3.05, 3.63) is 35.9 Å². The first-order chi connectivity index (χ1) is 10.2. The van der Waals surface area contributed by atoms with Crippen LogP contribution in [0.5, 0.6) is 0 Å². The van der Waals surface area contributed by atoms with Gasteiger partial charge in [0.05, 0.1) is 5.92 Å². The van der Waals surface area contributed by atoms with E-state index in [4.69, 9.17) is 0 Å². The van der Waals surface area contributed by atoms with Gasteiger partial charge in [-0.25, -0.2) is 0 Å². The summed E-state index contributed by atoms with van der Waals surface area (Å²) in [6.45, 7) is 6.25. The van der Waals surface area contributed by atoms with Crippen LogP contribution in [0.25, 0.3) is 0 Å². The van der Waals surface area contributed by atoms with Crippen LogP contribution in [-0.4, -0.2) is 37.0 Å². The molecule has 3 heteroatoms. The highest BCUT2D eigenvalue weighted by molar-refractivity contribution is 5.84. The van der Waals surface area contributed by atoms with E-state index in [9.17, 15) is 4.79 Å². The standard InChI is InChI=1S/C18H26N2O/c1-2-16(15-6-4-3-5-7-15)17(21)20-13-10-18(14-20)8-11-19-12-9-18/h3-7,16,19H,2,8-14H2,1H3. The van der Waals surface area contributed by atoms with Crippen LogP contribution in [0.15, 0.2) is 30.3 Å². The van der Waals surface area contributed by atoms with Crippen LogP contribution in [0, 0.1) is 5.41 Å². The Kier molecular flexibility index (Phi) is 4.29. The van der Waals surface area contributed by atoms with Gasteiger partial charge in [-0.3, -0.25) is 4.79 Å². The van der Waals surface area contributed by atoms with Gasteiger partial charge in [0, 0.05) is 13.1 Å². The number of hydrogen-bond donors (Lipinski definition) is 1. The minimum Gasteiger partial charge on any atom is -0.342 e. The molecule has 2 saturated heterocycles. The molecule has 1 N–H and O–H groups in total. The van der Waals surface area contributed by atoms with Gasteiger partial charge in [-0.05, 0) is 49.8 Å². The Labute approximate surface area is 127 Å². The maximum Gasteiger partial charge on any atom is 0.230 e. The van der Waals surface area contributed by atoms with Crippen LogP contribution in [0.4, 0.5) is 0 Å². The molecule has 1 aromatic carbocycles. The number of nitrogens with one attached hydrogen (secondary N) is 1. The summed E-state index contributed by atoms with van der Waals surface area (Å²) >= 11 is 0. The minimum absolute atomic E-state index is 0.0306. The molecule has 1 aromatic rings.